The highest BCUT2D eigenvalue weighted by molar-refractivity contribution is 4.78. The van der Waals surface area contributed by atoms with Crippen LogP contribution >= 0.6 is 0 Å². The van der Waals surface area contributed by atoms with E-state index in [1.807, 2.05) is 0 Å². The van der Waals surface area contributed by atoms with Crippen LogP contribution < -0.4 is 5.32 Å². The van der Waals surface area contributed by atoms with Crippen molar-refractivity contribution < 1.29 is 4.74 Å². The van der Waals surface area contributed by atoms with Gasteiger partial charge in [-0.05, 0) is 52.7 Å². The molecule has 3 heteroatoms. The maximum Gasteiger partial charge on any atom is 0.0753 e. The van der Waals surface area contributed by atoms with E-state index in [1.165, 1.54) is 51.7 Å². The van der Waals surface area contributed by atoms with Gasteiger partial charge in [0.05, 0.1) is 12.2 Å². The number of hydrogen-bond donors (Lipinski definition) is 1. The smallest absolute Gasteiger partial charge is 0.0753 e. The Morgan fingerprint density at radius 1 is 1.11 bits per heavy atom. The normalized spacial score (nSPS) is 20.2. The van der Waals surface area contributed by atoms with Crippen molar-refractivity contribution in [2.24, 2.45) is 0 Å². The van der Waals surface area contributed by atoms with Crippen molar-refractivity contribution in [1.29, 1.82) is 0 Å². The number of nitrogens with one attached hydrogen (secondary N) is 1. The van der Waals surface area contributed by atoms with Gasteiger partial charge in [-0.25, -0.2) is 0 Å². The standard InChI is InChI=1S/C15H32N2O/c1-4-9-16-10-7-5-6-8-11-17-12-13-18-15(2,3)14-17/h16H,4-14H2,1-3H3. The second-order valence-electron chi connectivity index (χ2n) is 6.05. The van der Waals surface area contributed by atoms with Crippen LogP contribution in [0.5, 0.6) is 0 Å². The van der Waals surface area contributed by atoms with Gasteiger partial charge in [0.25, 0.3) is 0 Å². The minimum absolute atomic E-state index is 0.0579. The van der Waals surface area contributed by atoms with Crippen molar-refractivity contribution >= 4 is 0 Å². The summed E-state index contributed by atoms with van der Waals surface area (Å²) < 4.78 is 5.73. The molecular weight excluding hydrogens is 224 g/mol. The molecule has 1 aliphatic heterocycles. The molecule has 0 radical (unpaired) electrons. The highest BCUT2D eigenvalue weighted by Gasteiger charge is 2.26. The van der Waals surface area contributed by atoms with Crippen molar-refractivity contribution in [3.63, 3.8) is 0 Å². The van der Waals surface area contributed by atoms with E-state index in [0.29, 0.717) is 0 Å². The Bertz CT molecular complexity index is 207. The van der Waals surface area contributed by atoms with Crippen LogP contribution in [-0.2, 0) is 4.74 Å². The van der Waals surface area contributed by atoms with Crippen LogP contribution in [0.3, 0.4) is 0 Å². The average molecular weight is 256 g/mol. The molecule has 1 heterocycles. The van der Waals surface area contributed by atoms with Gasteiger partial charge in [0, 0.05) is 13.1 Å². The lowest BCUT2D eigenvalue weighted by Crippen LogP contribution is -2.48. The quantitative estimate of drug-likeness (QED) is 0.642. The first-order valence-electron chi connectivity index (χ1n) is 7.71. The second kappa shape index (κ2) is 8.89. The predicted molar refractivity (Wildman–Crippen MR) is 78.1 cm³/mol. The van der Waals surface area contributed by atoms with Crippen molar-refractivity contribution in [2.45, 2.75) is 58.5 Å². The molecule has 0 aromatic rings. The van der Waals surface area contributed by atoms with Crippen LogP contribution in [0.2, 0.25) is 0 Å². The third-order valence-electron chi connectivity index (χ3n) is 3.51. The molecule has 1 aliphatic rings. The molecule has 0 saturated carbocycles. The number of ether oxygens (including phenoxy) is 1. The lowest BCUT2D eigenvalue weighted by atomic mass is 10.1. The molecule has 1 fully saturated rings. The van der Waals surface area contributed by atoms with Crippen LogP contribution in [0.1, 0.15) is 52.9 Å². The van der Waals surface area contributed by atoms with Gasteiger partial charge in [-0.2, -0.15) is 0 Å². The van der Waals surface area contributed by atoms with E-state index >= 15 is 0 Å². The molecule has 1 rings (SSSR count). The number of morpholine rings is 1. The van der Waals surface area contributed by atoms with Gasteiger partial charge in [-0.15, -0.1) is 0 Å². The summed E-state index contributed by atoms with van der Waals surface area (Å²) in [7, 11) is 0. The summed E-state index contributed by atoms with van der Waals surface area (Å²) in [6.07, 6.45) is 6.64. The van der Waals surface area contributed by atoms with Crippen LogP contribution in [0.4, 0.5) is 0 Å². The minimum Gasteiger partial charge on any atom is -0.373 e. The Morgan fingerprint density at radius 2 is 1.89 bits per heavy atom. The van der Waals surface area contributed by atoms with E-state index in [-0.39, 0.29) is 5.60 Å². The first-order valence-corrected chi connectivity index (χ1v) is 7.71. The zero-order chi connectivity index (χ0) is 13.3. The lowest BCUT2D eigenvalue weighted by Gasteiger charge is -2.38. The van der Waals surface area contributed by atoms with E-state index in [0.717, 1.165) is 19.7 Å². The number of nitrogens with zero attached hydrogens (tertiary/aromatic N) is 1. The first-order chi connectivity index (χ1) is 8.64. The summed E-state index contributed by atoms with van der Waals surface area (Å²) >= 11 is 0. The van der Waals surface area contributed by atoms with Gasteiger partial charge in [-0.1, -0.05) is 19.8 Å². The zero-order valence-electron chi connectivity index (χ0n) is 12.6. The molecule has 0 unspecified atom stereocenters. The molecule has 1 N–H and O–H groups in total. The van der Waals surface area contributed by atoms with Crippen molar-refractivity contribution in [3.8, 4) is 0 Å². The molecule has 3 nitrogen and oxygen atoms in total. The number of unbranched alkanes of at least 4 members (excludes halogenated alkanes) is 3. The molecule has 0 aromatic carbocycles. The Hall–Kier alpha value is -0.120. The summed E-state index contributed by atoms with van der Waals surface area (Å²) in [5.41, 5.74) is 0.0579. The third-order valence-corrected chi connectivity index (χ3v) is 3.51. The van der Waals surface area contributed by atoms with E-state index in [1.54, 1.807) is 0 Å². The maximum atomic E-state index is 5.73. The zero-order valence-corrected chi connectivity index (χ0v) is 12.6. The molecule has 0 spiro atoms. The number of hydrogen-bond acceptors (Lipinski definition) is 3. The first kappa shape index (κ1) is 15.9. The van der Waals surface area contributed by atoms with Gasteiger partial charge < -0.3 is 10.1 Å². The Labute approximate surface area is 113 Å². The van der Waals surface area contributed by atoms with E-state index in [2.05, 4.69) is 31.0 Å². The molecule has 18 heavy (non-hydrogen) atoms. The van der Waals surface area contributed by atoms with Crippen molar-refractivity contribution in [3.05, 3.63) is 0 Å². The van der Waals surface area contributed by atoms with Gasteiger partial charge in [0.1, 0.15) is 0 Å². The molecular formula is C15H32N2O. The summed E-state index contributed by atoms with van der Waals surface area (Å²) in [5.74, 6) is 0. The Kier molecular flexibility index (Phi) is 7.87. The fraction of sp³-hybridized carbons (Fsp3) is 1.00. The van der Waals surface area contributed by atoms with Gasteiger partial charge >= 0.3 is 0 Å². The summed E-state index contributed by atoms with van der Waals surface area (Å²) in [5, 5.41) is 3.46. The topological polar surface area (TPSA) is 24.5 Å². The predicted octanol–water partition coefficient (Wildman–Crippen LogP) is 2.66. The third kappa shape index (κ3) is 7.34. The monoisotopic (exact) mass is 256 g/mol. The summed E-state index contributed by atoms with van der Waals surface area (Å²) in [6.45, 7) is 13.3. The molecule has 0 amide bonds. The van der Waals surface area contributed by atoms with E-state index < -0.39 is 0 Å². The maximum absolute atomic E-state index is 5.73. The minimum atomic E-state index is 0.0579. The molecule has 1 saturated heterocycles. The van der Waals surface area contributed by atoms with Gasteiger partial charge in [0.15, 0.2) is 0 Å². The molecule has 0 bridgehead atoms. The van der Waals surface area contributed by atoms with Crippen LogP contribution in [-0.4, -0.2) is 49.8 Å². The van der Waals surface area contributed by atoms with E-state index in [4.69, 9.17) is 4.74 Å². The van der Waals surface area contributed by atoms with Crippen LogP contribution in [0, 0.1) is 0 Å². The fourth-order valence-corrected chi connectivity index (χ4v) is 2.55. The van der Waals surface area contributed by atoms with Gasteiger partial charge in [-0.3, -0.25) is 4.90 Å². The lowest BCUT2D eigenvalue weighted by molar-refractivity contribution is -0.0861. The Balaban J connectivity index is 1.91. The summed E-state index contributed by atoms with van der Waals surface area (Å²) in [6, 6.07) is 0. The van der Waals surface area contributed by atoms with Crippen molar-refractivity contribution in [1.82, 2.24) is 10.2 Å². The fourth-order valence-electron chi connectivity index (χ4n) is 2.55. The van der Waals surface area contributed by atoms with Crippen LogP contribution in [0.15, 0.2) is 0 Å². The molecule has 0 aromatic heterocycles. The summed E-state index contributed by atoms with van der Waals surface area (Å²) in [4.78, 5) is 2.55. The van der Waals surface area contributed by atoms with E-state index in [9.17, 15) is 0 Å². The average Bonchev–Trinajstić information content (AvgIpc) is 2.31. The largest absolute Gasteiger partial charge is 0.373 e. The SMILES string of the molecule is CCCNCCCCCCN1CCOC(C)(C)C1. The van der Waals surface area contributed by atoms with Crippen molar-refractivity contribution in [2.75, 3.05) is 39.3 Å². The molecule has 108 valence electrons. The molecule has 0 aliphatic carbocycles. The highest BCUT2D eigenvalue weighted by Crippen LogP contribution is 2.16. The Morgan fingerprint density at radius 3 is 2.61 bits per heavy atom. The van der Waals surface area contributed by atoms with Crippen LogP contribution in [0.25, 0.3) is 0 Å². The molecule has 0 atom stereocenters. The highest BCUT2D eigenvalue weighted by atomic mass is 16.5. The van der Waals surface area contributed by atoms with Gasteiger partial charge in [0.2, 0.25) is 0 Å². The number of rotatable bonds is 9. The second-order valence-corrected chi connectivity index (χ2v) is 6.05.